The summed E-state index contributed by atoms with van der Waals surface area (Å²) in [6.07, 6.45) is 4.08. The second kappa shape index (κ2) is 10.4. The molecule has 0 rings (SSSR count). The van der Waals surface area contributed by atoms with E-state index in [1.165, 1.54) is 19.3 Å². The molecular weight excluding hydrogens is 118 g/mol. The highest BCUT2D eigenvalue weighted by molar-refractivity contribution is 4.24. The molecule has 3 nitrogen and oxygen atoms in total. The highest BCUT2D eigenvalue weighted by Gasteiger charge is 1.68. The van der Waals surface area contributed by atoms with Gasteiger partial charge in [0.25, 0.3) is 0 Å². The van der Waals surface area contributed by atoms with Crippen LogP contribution in [0.2, 0.25) is 0 Å². The molecule has 0 bridgehead atoms. The molecule has 0 heterocycles. The van der Waals surface area contributed by atoms with E-state index < -0.39 is 4.92 Å². The van der Waals surface area contributed by atoms with Gasteiger partial charge in [-0.15, -0.1) is 0 Å². The molecule has 3 heteroatoms. The van der Waals surface area contributed by atoms with Gasteiger partial charge >= 0.3 is 0 Å². The van der Waals surface area contributed by atoms with E-state index in [1.54, 1.807) is 0 Å². The Morgan fingerprint density at radius 3 is 1.56 bits per heavy atom. The number of nitro groups is 1. The molecule has 0 atom stereocenters. The van der Waals surface area contributed by atoms with Gasteiger partial charge in [0, 0.05) is 4.92 Å². The molecule has 56 valence electrons. The molecule has 0 N–H and O–H groups in total. The van der Waals surface area contributed by atoms with Crippen molar-refractivity contribution in [3.05, 3.63) is 10.1 Å². The van der Waals surface area contributed by atoms with Crippen molar-refractivity contribution >= 4 is 0 Å². The molecule has 0 aromatic carbocycles. The first kappa shape index (κ1) is 11.2. The van der Waals surface area contributed by atoms with Crippen LogP contribution in [0.5, 0.6) is 0 Å². The molecule has 0 aliphatic rings. The van der Waals surface area contributed by atoms with E-state index in [1.807, 2.05) is 0 Å². The molecule has 0 radical (unpaired) electrons. The highest BCUT2D eigenvalue weighted by Crippen LogP contribution is 1.88. The second-order valence-corrected chi connectivity index (χ2v) is 1.79. The summed E-state index contributed by atoms with van der Waals surface area (Å²) >= 11 is 0. The quantitative estimate of drug-likeness (QED) is 0.427. The third-order valence-corrected chi connectivity index (χ3v) is 0.707. The molecule has 0 saturated heterocycles. The largest absolute Gasteiger partial charge is 0.265 e. The zero-order valence-electron chi connectivity index (χ0n) is 6.39. The van der Waals surface area contributed by atoms with Crippen molar-refractivity contribution in [3.8, 4) is 0 Å². The van der Waals surface area contributed by atoms with Crippen LogP contribution in [0.3, 0.4) is 0 Å². The van der Waals surface area contributed by atoms with E-state index in [4.69, 9.17) is 10.1 Å². The Balaban J connectivity index is 0. The van der Waals surface area contributed by atoms with Crippen molar-refractivity contribution in [2.24, 2.45) is 0 Å². The minimum Gasteiger partial charge on any atom is -0.265 e. The maximum Gasteiger partial charge on any atom is 0.194 e. The van der Waals surface area contributed by atoms with Gasteiger partial charge in [0.05, 0.1) is 0 Å². The van der Waals surface area contributed by atoms with Gasteiger partial charge in [-0.1, -0.05) is 33.1 Å². The summed E-state index contributed by atoms with van der Waals surface area (Å²) in [5, 5.41) is 8.81. The van der Waals surface area contributed by atoms with E-state index in [0.717, 1.165) is 7.05 Å². The average Bonchev–Trinajstić information content (AvgIpc) is 1.66. The lowest BCUT2D eigenvalue weighted by Gasteiger charge is -1.79. The lowest BCUT2D eigenvalue weighted by molar-refractivity contribution is -0.445. The van der Waals surface area contributed by atoms with Gasteiger partial charge in [-0.05, 0) is 0 Å². The zero-order chi connectivity index (χ0) is 7.70. The first-order valence-corrected chi connectivity index (χ1v) is 3.23. The molecule has 0 unspecified atom stereocenters. The van der Waals surface area contributed by atoms with Crippen LogP contribution in [-0.2, 0) is 0 Å². The van der Waals surface area contributed by atoms with Gasteiger partial charge in [-0.3, -0.25) is 10.1 Å². The Morgan fingerprint density at radius 2 is 1.56 bits per heavy atom. The van der Waals surface area contributed by atoms with Gasteiger partial charge in [0.2, 0.25) is 0 Å². The Hall–Kier alpha value is -0.600. The summed E-state index contributed by atoms with van der Waals surface area (Å²) < 4.78 is 0. The lowest BCUT2D eigenvalue weighted by atomic mass is 10.3. The topological polar surface area (TPSA) is 43.1 Å². The molecule has 0 fully saturated rings. The SMILES string of the molecule is CCCCC.C[N+](=O)[O-]. The summed E-state index contributed by atoms with van der Waals surface area (Å²) in [6.45, 7) is 4.42. The maximum atomic E-state index is 8.81. The van der Waals surface area contributed by atoms with Gasteiger partial charge < -0.3 is 0 Å². The fourth-order valence-electron chi connectivity index (χ4n) is 0.354. The number of rotatable bonds is 2. The monoisotopic (exact) mass is 133 g/mol. The van der Waals surface area contributed by atoms with Crippen LogP contribution in [0.1, 0.15) is 33.1 Å². The molecule has 0 spiro atoms. The Bertz CT molecular complexity index is 58.1. The lowest BCUT2D eigenvalue weighted by Crippen LogP contribution is -1.79. The maximum absolute atomic E-state index is 8.81. The fourth-order valence-corrected chi connectivity index (χ4v) is 0.354. The molecule has 0 aliphatic carbocycles. The minimum absolute atomic E-state index is 0.500. The van der Waals surface area contributed by atoms with E-state index in [2.05, 4.69) is 13.8 Å². The van der Waals surface area contributed by atoms with Crippen molar-refractivity contribution < 1.29 is 4.92 Å². The molecule has 0 aliphatic heterocycles. The molecule has 0 aromatic heterocycles. The van der Waals surface area contributed by atoms with Gasteiger partial charge in [-0.25, -0.2) is 0 Å². The second-order valence-electron chi connectivity index (χ2n) is 1.79. The summed E-state index contributed by atoms with van der Waals surface area (Å²) in [5.74, 6) is 0. The summed E-state index contributed by atoms with van der Waals surface area (Å²) in [5.41, 5.74) is 0. The third kappa shape index (κ3) is 110. The van der Waals surface area contributed by atoms with E-state index >= 15 is 0 Å². The van der Waals surface area contributed by atoms with E-state index in [-0.39, 0.29) is 0 Å². The zero-order valence-corrected chi connectivity index (χ0v) is 6.39. The van der Waals surface area contributed by atoms with Crippen molar-refractivity contribution in [1.82, 2.24) is 0 Å². The Kier molecular flexibility index (Phi) is 13.0. The predicted molar refractivity (Wildman–Crippen MR) is 38.1 cm³/mol. The fraction of sp³-hybridized carbons (Fsp3) is 1.00. The van der Waals surface area contributed by atoms with Crippen LogP contribution < -0.4 is 0 Å². The van der Waals surface area contributed by atoms with Crippen LogP contribution >= 0.6 is 0 Å². The van der Waals surface area contributed by atoms with Crippen LogP contribution in [0.25, 0.3) is 0 Å². The number of unbranched alkanes of at least 4 members (excludes halogenated alkanes) is 2. The smallest absolute Gasteiger partial charge is 0.194 e. The van der Waals surface area contributed by atoms with Gasteiger partial charge in [0.15, 0.2) is 7.05 Å². The third-order valence-electron chi connectivity index (χ3n) is 0.707. The molecule has 0 aromatic rings. The molecule has 9 heavy (non-hydrogen) atoms. The van der Waals surface area contributed by atoms with Crippen molar-refractivity contribution in [3.63, 3.8) is 0 Å². The number of hydrogen-bond acceptors (Lipinski definition) is 2. The van der Waals surface area contributed by atoms with Crippen molar-refractivity contribution in [1.29, 1.82) is 0 Å². The average molecular weight is 133 g/mol. The Labute approximate surface area is 56.2 Å². The number of nitrogens with zero attached hydrogens (tertiary/aromatic N) is 1. The van der Waals surface area contributed by atoms with Crippen LogP contribution in [0, 0.1) is 10.1 Å². The van der Waals surface area contributed by atoms with Crippen LogP contribution in [0.4, 0.5) is 0 Å². The molecule has 0 saturated carbocycles. The van der Waals surface area contributed by atoms with Gasteiger partial charge in [0.1, 0.15) is 0 Å². The van der Waals surface area contributed by atoms with E-state index in [9.17, 15) is 0 Å². The summed E-state index contributed by atoms with van der Waals surface area (Å²) in [6, 6.07) is 0. The Morgan fingerprint density at radius 1 is 1.33 bits per heavy atom. The first-order chi connectivity index (χ1) is 4.15. The normalized spacial score (nSPS) is 7.44. The van der Waals surface area contributed by atoms with Crippen molar-refractivity contribution in [2.45, 2.75) is 33.1 Å². The summed E-state index contributed by atoms with van der Waals surface area (Å²) in [7, 11) is 0.889. The van der Waals surface area contributed by atoms with Crippen LogP contribution in [-0.4, -0.2) is 12.0 Å². The summed E-state index contributed by atoms with van der Waals surface area (Å²) in [4.78, 5) is 8.31. The van der Waals surface area contributed by atoms with Crippen LogP contribution in [0.15, 0.2) is 0 Å². The van der Waals surface area contributed by atoms with Crippen molar-refractivity contribution in [2.75, 3.05) is 7.05 Å². The highest BCUT2D eigenvalue weighted by atomic mass is 16.6. The van der Waals surface area contributed by atoms with E-state index in [0.29, 0.717) is 0 Å². The van der Waals surface area contributed by atoms with Gasteiger partial charge in [-0.2, -0.15) is 0 Å². The number of hydrogen-bond donors (Lipinski definition) is 0. The molecule has 0 amide bonds. The first-order valence-electron chi connectivity index (χ1n) is 3.23. The standard InChI is InChI=1S/C5H12.CH3NO2/c1-3-5-4-2;1-2(3)4/h3-5H2,1-2H3;1H3. The molecular formula is C6H15NO2. The predicted octanol–water partition coefficient (Wildman–Crippen LogP) is 2.09. The minimum atomic E-state index is -0.500.